The first-order valence-electron chi connectivity index (χ1n) is 19.8. The maximum absolute atomic E-state index is 12.6. The predicted molar refractivity (Wildman–Crippen MR) is 220 cm³/mol. The van der Waals surface area contributed by atoms with Crippen molar-refractivity contribution in [1.82, 2.24) is 0 Å². The van der Waals surface area contributed by atoms with Gasteiger partial charge in [0.25, 0.3) is 0 Å². The average Bonchev–Trinajstić information content (AvgIpc) is 3.95. The predicted octanol–water partition coefficient (Wildman–Crippen LogP) is 14.1. The van der Waals surface area contributed by atoms with Crippen LogP contribution in [0.4, 0.5) is 5.69 Å². The molecule has 0 spiro atoms. The number of carbonyl (C=O) groups is 1. The summed E-state index contributed by atoms with van der Waals surface area (Å²) in [6, 6.07) is 40.8. The Labute approximate surface area is 330 Å². The van der Waals surface area contributed by atoms with E-state index in [4.69, 9.17) is 9.47 Å². The maximum atomic E-state index is 12.6. The molecule has 0 radical (unpaired) electrons. The van der Waals surface area contributed by atoms with Gasteiger partial charge in [-0.3, -0.25) is 4.99 Å². The molecule has 282 valence electrons. The quantitative estimate of drug-likeness (QED) is 0.0167. The van der Waals surface area contributed by atoms with Crippen LogP contribution in [0.3, 0.4) is 0 Å². The topological polar surface area (TPSA) is 47.9 Å². The van der Waals surface area contributed by atoms with Gasteiger partial charge >= 0.3 is 23.0 Å². The number of hydrogen-bond donors (Lipinski definition) is 0. The van der Waals surface area contributed by atoms with E-state index in [2.05, 4.69) is 11.9 Å². The van der Waals surface area contributed by atoms with Crippen LogP contribution in [0.15, 0.2) is 132 Å². The third-order valence-corrected chi connectivity index (χ3v) is 9.23. The number of aliphatic imine (C=N–C) groups is 1. The molecule has 5 aromatic carbocycles. The van der Waals surface area contributed by atoms with E-state index in [1.54, 1.807) is 24.3 Å². The SMILES string of the molecule is CCCCCCCCCCCCCCCCCCOc1ccc(C=Nc2ccc(OC(=O)c3ccc(-[c-]4cccc4)cc3)cc2)cc1.[Fe+2].c1cc[cH-]c1. The molecule has 0 aromatic heterocycles. The Morgan fingerprint density at radius 3 is 1.64 bits per heavy atom. The monoisotopic (exact) mass is 753 g/mol. The van der Waals surface area contributed by atoms with Gasteiger partial charge in [-0.2, -0.15) is 30.3 Å². The first kappa shape index (κ1) is 43.2. The number of nitrogens with zero attached hydrogens (tertiary/aromatic N) is 1. The number of carbonyl (C=O) groups excluding carboxylic acids is 1. The third-order valence-electron chi connectivity index (χ3n) is 9.23. The Bertz CT molecular complexity index is 1590. The number of rotatable bonds is 23. The summed E-state index contributed by atoms with van der Waals surface area (Å²) in [5.41, 5.74) is 4.50. The number of benzene rings is 3. The fourth-order valence-electron chi connectivity index (χ4n) is 6.09. The van der Waals surface area contributed by atoms with Crippen LogP contribution in [0.2, 0.25) is 0 Å². The third kappa shape index (κ3) is 18.4. The van der Waals surface area contributed by atoms with Crippen LogP contribution in [-0.4, -0.2) is 18.8 Å². The first-order valence-corrected chi connectivity index (χ1v) is 19.8. The summed E-state index contributed by atoms with van der Waals surface area (Å²) in [7, 11) is 0. The zero-order valence-corrected chi connectivity index (χ0v) is 32.9. The molecule has 4 nitrogen and oxygen atoms in total. The van der Waals surface area contributed by atoms with E-state index in [0.717, 1.165) is 41.2 Å². The second-order valence-electron chi connectivity index (χ2n) is 13.6. The van der Waals surface area contributed by atoms with E-state index in [0.29, 0.717) is 11.3 Å². The molecule has 5 rings (SSSR count). The zero-order valence-electron chi connectivity index (χ0n) is 31.7. The summed E-state index contributed by atoms with van der Waals surface area (Å²) in [6.07, 6.45) is 23.8. The van der Waals surface area contributed by atoms with Crippen LogP contribution in [0.25, 0.3) is 11.1 Å². The number of esters is 1. The van der Waals surface area contributed by atoms with Gasteiger partial charge in [-0.25, -0.2) is 16.9 Å². The van der Waals surface area contributed by atoms with Gasteiger partial charge < -0.3 is 9.47 Å². The molecule has 0 saturated carbocycles. The molecule has 0 aliphatic heterocycles. The van der Waals surface area contributed by atoms with Crippen molar-refractivity contribution in [2.24, 2.45) is 4.99 Å². The number of unbranched alkanes of at least 4 members (excludes halogenated alkanes) is 15. The molecule has 0 N–H and O–H groups in total. The summed E-state index contributed by atoms with van der Waals surface area (Å²) >= 11 is 0. The van der Waals surface area contributed by atoms with Gasteiger partial charge in [-0.1, -0.05) is 121 Å². The van der Waals surface area contributed by atoms with Gasteiger partial charge in [0.2, 0.25) is 0 Å². The molecule has 0 fully saturated rings. The molecule has 0 aliphatic carbocycles. The fraction of sp³-hybridized carbons (Fsp3) is 0.375. The van der Waals surface area contributed by atoms with E-state index in [1.165, 1.54) is 96.3 Å². The Balaban J connectivity index is 0.00000116. The second-order valence-corrected chi connectivity index (χ2v) is 13.6. The normalized spacial score (nSPS) is 10.7. The molecule has 0 heterocycles. The van der Waals surface area contributed by atoms with Crippen LogP contribution in [0.1, 0.15) is 126 Å². The van der Waals surface area contributed by atoms with E-state index in [9.17, 15) is 4.79 Å². The minimum atomic E-state index is -0.382. The van der Waals surface area contributed by atoms with Crippen LogP contribution in [0, 0.1) is 0 Å². The Hall–Kier alpha value is -4.18. The second kappa shape index (κ2) is 27.4. The summed E-state index contributed by atoms with van der Waals surface area (Å²) in [5.74, 6) is 1.00. The Morgan fingerprint density at radius 1 is 0.623 bits per heavy atom. The summed E-state index contributed by atoms with van der Waals surface area (Å²) in [5, 5.41) is 0. The molecular weight excluding hydrogens is 694 g/mol. The van der Waals surface area contributed by atoms with Gasteiger partial charge in [0.05, 0.1) is 12.3 Å². The van der Waals surface area contributed by atoms with Crippen molar-refractivity contribution in [2.75, 3.05) is 6.61 Å². The van der Waals surface area contributed by atoms with E-state index in [-0.39, 0.29) is 23.0 Å². The molecule has 53 heavy (non-hydrogen) atoms. The number of hydrogen-bond acceptors (Lipinski definition) is 4. The molecule has 5 aromatic rings. The molecule has 0 unspecified atom stereocenters. The van der Waals surface area contributed by atoms with Gasteiger partial charge in [0.15, 0.2) is 0 Å². The minimum Gasteiger partial charge on any atom is -0.494 e. The Morgan fingerprint density at radius 2 is 1.13 bits per heavy atom. The van der Waals surface area contributed by atoms with Crippen molar-refractivity contribution in [3.05, 3.63) is 139 Å². The largest absolute Gasteiger partial charge is 2.00 e. The maximum Gasteiger partial charge on any atom is 2.00 e. The van der Waals surface area contributed by atoms with Gasteiger partial charge in [-0.15, -0.1) is 29.8 Å². The molecule has 0 aliphatic rings. The standard InChI is InChI=1S/C43H54NO3.C5H5.Fe/c1-2-3-4-5-6-7-8-9-10-11-12-13-14-15-16-19-34-46-41-30-22-36(23-31-41)35-44-40-28-32-42(33-29-40)47-43(45)39-26-24-38(25-27-39)37-20-17-18-21-37;1-2-4-5-3-1;/h17-18,20-33,35H,2-16,19,34H2,1H3;1-5H;/q2*-1;+2. The number of ether oxygens (including phenoxy) is 2. The van der Waals surface area contributed by atoms with Crippen LogP contribution >= 0.6 is 0 Å². The molecule has 0 bridgehead atoms. The van der Waals surface area contributed by atoms with Crippen LogP contribution in [-0.2, 0) is 17.1 Å². The summed E-state index contributed by atoms with van der Waals surface area (Å²) in [4.78, 5) is 17.1. The van der Waals surface area contributed by atoms with Crippen molar-refractivity contribution < 1.29 is 31.3 Å². The van der Waals surface area contributed by atoms with Crippen LogP contribution < -0.4 is 9.47 Å². The summed E-state index contributed by atoms with van der Waals surface area (Å²) in [6.45, 7) is 3.05. The minimum absolute atomic E-state index is 0. The van der Waals surface area contributed by atoms with Crippen LogP contribution in [0.5, 0.6) is 11.5 Å². The Kier molecular flexibility index (Phi) is 22.4. The fourth-order valence-corrected chi connectivity index (χ4v) is 6.09. The molecule has 0 atom stereocenters. The first-order chi connectivity index (χ1) is 25.7. The van der Waals surface area contributed by atoms with Crippen molar-refractivity contribution in [3.8, 4) is 22.6 Å². The smallest absolute Gasteiger partial charge is 0.494 e. The van der Waals surface area contributed by atoms with E-state index in [1.807, 2.05) is 109 Å². The summed E-state index contributed by atoms with van der Waals surface area (Å²) < 4.78 is 11.5. The van der Waals surface area contributed by atoms with Gasteiger partial charge in [0, 0.05) is 11.8 Å². The van der Waals surface area contributed by atoms with Crippen molar-refractivity contribution in [3.63, 3.8) is 0 Å². The average molecular weight is 754 g/mol. The molecule has 5 heteroatoms. The van der Waals surface area contributed by atoms with Crippen molar-refractivity contribution in [2.45, 2.75) is 110 Å². The molecule has 0 saturated heterocycles. The van der Waals surface area contributed by atoms with Crippen molar-refractivity contribution >= 4 is 17.9 Å². The van der Waals surface area contributed by atoms with E-state index < -0.39 is 0 Å². The van der Waals surface area contributed by atoms with Crippen molar-refractivity contribution in [1.29, 1.82) is 0 Å². The molecular formula is C48H59FeNO3. The van der Waals surface area contributed by atoms with Gasteiger partial charge in [0.1, 0.15) is 11.5 Å². The van der Waals surface area contributed by atoms with Gasteiger partial charge in [-0.05, 0) is 60.5 Å². The molecule has 0 amide bonds. The zero-order chi connectivity index (χ0) is 36.3. The van der Waals surface area contributed by atoms with E-state index >= 15 is 0 Å².